The average Bonchev–Trinajstić information content (AvgIpc) is 2.61. The Morgan fingerprint density at radius 3 is 2.19 bits per heavy atom. The molecule has 0 saturated heterocycles. The second-order valence-corrected chi connectivity index (χ2v) is 8.04. The highest BCUT2D eigenvalue weighted by Crippen LogP contribution is 2.16. The number of amides is 1. The molecule has 144 valence electrons. The summed E-state index contributed by atoms with van der Waals surface area (Å²) in [6.07, 6.45) is 3.21. The van der Waals surface area contributed by atoms with E-state index in [-0.39, 0.29) is 16.4 Å². The summed E-state index contributed by atoms with van der Waals surface area (Å²) in [5.41, 5.74) is 0.540. The first-order valence-corrected chi connectivity index (χ1v) is 9.74. The molecule has 1 atom stereocenters. The van der Waals surface area contributed by atoms with Crippen LogP contribution < -0.4 is 10.0 Å². The van der Waals surface area contributed by atoms with E-state index in [1.807, 2.05) is 13.8 Å². The highest BCUT2D eigenvalue weighted by molar-refractivity contribution is 7.92. The summed E-state index contributed by atoms with van der Waals surface area (Å²) in [4.78, 5) is 27.3. The van der Waals surface area contributed by atoms with Crippen LogP contribution in [0.5, 0.6) is 0 Å². The fourth-order valence-electron chi connectivity index (χ4n) is 2.35. The van der Waals surface area contributed by atoms with Crippen molar-refractivity contribution in [3.63, 3.8) is 0 Å². The highest BCUT2D eigenvalue weighted by atomic mass is 32.2. The topological polar surface area (TPSA) is 125 Å². The number of hydrogen-bond donors (Lipinski definition) is 3. The van der Waals surface area contributed by atoms with E-state index in [0.29, 0.717) is 12.1 Å². The van der Waals surface area contributed by atoms with Gasteiger partial charge in [0.1, 0.15) is 6.04 Å². The minimum Gasteiger partial charge on any atom is -0.480 e. The first-order valence-electron chi connectivity index (χ1n) is 8.25. The van der Waals surface area contributed by atoms with Crippen LogP contribution in [0.4, 0.5) is 5.69 Å². The molecule has 2 aromatic rings. The molecular weight excluding hydrogens is 370 g/mol. The molecule has 0 bridgehead atoms. The van der Waals surface area contributed by atoms with Crippen LogP contribution in [0.25, 0.3) is 0 Å². The Labute approximate surface area is 157 Å². The predicted octanol–water partition coefficient (Wildman–Crippen LogP) is 2.11. The number of rotatable bonds is 8. The van der Waals surface area contributed by atoms with Gasteiger partial charge in [0.25, 0.3) is 15.9 Å². The normalized spacial score (nSPS) is 12.4. The van der Waals surface area contributed by atoms with Crippen LogP contribution in [-0.2, 0) is 14.8 Å². The van der Waals surface area contributed by atoms with E-state index in [9.17, 15) is 23.1 Å². The molecule has 0 aliphatic carbocycles. The lowest BCUT2D eigenvalue weighted by Gasteiger charge is -2.16. The molecule has 27 heavy (non-hydrogen) atoms. The number of aliphatic carboxylic acids is 1. The van der Waals surface area contributed by atoms with Crippen LogP contribution in [0, 0.1) is 5.92 Å². The number of carbonyl (C=O) groups is 2. The minimum absolute atomic E-state index is 0.0205. The summed E-state index contributed by atoms with van der Waals surface area (Å²) in [5, 5.41) is 11.7. The smallest absolute Gasteiger partial charge is 0.326 e. The monoisotopic (exact) mass is 391 g/mol. The maximum atomic E-state index is 12.4. The first-order chi connectivity index (χ1) is 12.7. The second kappa shape index (κ2) is 8.63. The molecule has 9 heteroatoms. The predicted molar refractivity (Wildman–Crippen MR) is 99.8 cm³/mol. The van der Waals surface area contributed by atoms with Gasteiger partial charge in [0.05, 0.1) is 10.6 Å². The lowest BCUT2D eigenvalue weighted by atomic mass is 10.0. The molecule has 0 aliphatic rings. The number of pyridine rings is 1. The lowest BCUT2D eigenvalue weighted by molar-refractivity contribution is -0.139. The number of anilines is 1. The van der Waals surface area contributed by atoms with Gasteiger partial charge in [0, 0.05) is 18.0 Å². The maximum Gasteiger partial charge on any atom is 0.326 e. The fourth-order valence-corrected chi connectivity index (χ4v) is 3.41. The number of hydrogen-bond acceptors (Lipinski definition) is 5. The average molecular weight is 391 g/mol. The van der Waals surface area contributed by atoms with E-state index >= 15 is 0 Å². The zero-order chi connectivity index (χ0) is 20.0. The number of aromatic nitrogens is 1. The van der Waals surface area contributed by atoms with Crippen LogP contribution in [0.3, 0.4) is 0 Å². The molecule has 0 unspecified atom stereocenters. The second-order valence-electron chi connectivity index (χ2n) is 6.36. The van der Waals surface area contributed by atoms with Gasteiger partial charge in [-0.2, -0.15) is 0 Å². The molecule has 1 amide bonds. The summed E-state index contributed by atoms with van der Waals surface area (Å²) in [5.74, 6) is -1.59. The van der Waals surface area contributed by atoms with Gasteiger partial charge in [0.2, 0.25) is 0 Å². The largest absolute Gasteiger partial charge is 0.480 e. The van der Waals surface area contributed by atoms with Gasteiger partial charge in [-0.15, -0.1) is 0 Å². The molecule has 0 saturated carbocycles. The van der Waals surface area contributed by atoms with Gasteiger partial charge in [-0.1, -0.05) is 13.8 Å². The Hall–Kier alpha value is -2.94. The number of carbonyl (C=O) groups excluding carboxylic acids is 1. The summed E-state index contributed by atoms with van der Waals surface area (Å²) < 4.78 is 27.1. The van der Waals surface area contributed by atoms with E-state index in [0.717, 1.165) is 0 Å². The van der Waals surface area contributed by atoms with Crippen molar-refractivity contribution in [1.82, 2.24) is 10.3 Å². The number of nitrogens with zero attached hydrogens (tertiary/aromatic N) is 1. The Morgan fingerprint density at radius 2 is 1.67 bits per heavy atom. The summed E-state index contributed by atoms with van der Waals surface area (Å²) in [6, 6.07) is 7.28. The molecule has 0 spiro atoms. The van der Waals surface area contributed by atoms with Crippen molar-refractivity contribution < 1.29 is 23.1 Å². The van der Waals surface area contributed by atoms with Crippen LogP contribution in [-0.4, -0.2) is 36.4 Å². The molecule has 3 N–H and O–H groups in total. The Kier molecular flexibility index (Phi) is 6.51. The third-order valence-corrected chi connectivity index (χ3v) is 5.07. The summed E-state index contributed by atoms with van der Waals surface area (Å²) in [7, 11) is -3.81. The molecule has 0 aliphatic heterocycles. The number of carboxylic acid groups (broad SMARTS) is 1. The molecule has 1 aromatic carbocycles. The van der Waals surface area contributed by atoms with E-state index < -0.39 is 27.9 Å². The van der Waals surface area contributed by atoms with E-state index in [2.05, 4.69) is 15.0 Å². The number of sulfonamides is 1. The maximum absolute atomic E-state index is 12.4. The van der Waals surface area contributed by atoms with Crippen LogP contribution in [0.1, 0.15) is 30.6 Å². The quantitative estimate of drug-likeness (QED) is 0.633. The van der Waals surface area contributed by atoms with Crippen molar-refractivity contribution in [1.29, 1.82) is 0 Å². The number of benzene rings is 1. The highest BCUT2D eigenvalue weighted by Gasteiger charge is 2.22. The van der Waals surface area contributed by atoms with Crippen molar-refractivity contribution in [2.45, 2.75) is 31.2 Å². The number of nitrogens with one attached hydrogen (secondary N) is 2. The Balaban J connectivity index is 2.11. The zero-order valence-corrected chi connectivity index (χ0v) is 15.7. The van der Waals surface area contributed by atoms with Crippen LogP contribution in [0.2, 0.25) is 0 Å². The third kappa shape index (κ3) is 5.78. The molecule has 8 nitrogen and oxygen atoms in total. The van der Waals surface area contributed by atoms with Crippen LogP contribution >= 0.6 is 0 Å². The van der Waals surface area contributed by atoms with Gasteiger partial charge >= 0.3 is 5.97 Å². The SMILES string of the molecule is CC(C)C[C@@H](NC(=O)c1ccc(S(=O)(=O)Nc2ccncc2)cc1)C(=O)O. The van der Waals surface area contributed by atoms with Crippen molar-refractivity contribution in [2.75, 3.05) is 4.72 Å². The molecular formula is C18H21N3O5S. The molecule has 0 fully saturated rings. The van der Waals surface area contributed by atoms with Crippen molar-refractivity contribution in [3.05, 3.63) is 54.4 Å². The van der Waals surface area contributed by atoms with E-state index in [1.165, 1.54) is 48.8 Å². The zero-order valence-electron chi connectivity index (χ0n) is 14.9. The fraction of sp³-hybridized carbons (Fsp3) is 0.278. The summed E-state index contributed by atoms with van der Waals surface area (Å²) in [6.45, 7) is 3.72. The molecule has 1 heterocycles. The molecule has 0 radical (unpaired) electrons. The van der Waals surface area contributed by atoms with Crippen molar-refractivity contribution in [3.8, 4) is 0 Å². The van der Waals surface area contributed by atoms with Gasteiger partial charge in [-0.05, 0) is 48.7 Å². The lowest BCUT2D eigenvalue weighted by Crippen LogP contribution is -2.41. The third-order valence-electron chi connectivity index (χ3n) is 3.67. The molecule has 1 aromatic heterocycles. The van der Waals surface area contributed by atoms with Gasteiger partial charge < -0.3 is 10.4 Å². The van der Waals surface area contributed by atoms with E-state index in [4.69, 9.17) is 0 Å². The first kappa shape index (κ1) is 20.4. The van der Waals surface area contributed by atoms with Crippen molar-refractivity contribution >= 4 is 27.6 Å². The minimum atomic E-state index is -3.81. The Morgan fingerprint density at radius 1 is 1.07 bits per heavy atom. The van der Waals surface area contributed by atoms with Crippen LogP contribution in [0.15, 0.2) is 53.7 Å². The summed E-state index contributed by atoms with van der Waals surface area (Å²) >= 11 is 0. The van der Waals surface area contributed by atoms with Gasteiger partial charge in [0.15, 0.2) is 0 Å². The van der Waals surface area contributed by atoms with E-state index in [1.54, 1.807) is 0 Å². The number of carboxylic acids is 1. The van der Waals surface area contributed by atoms with Gasteiger partial charge in [-0.25, -0.2) is 13.2 Å². The standard InChI is InChI=1S/C18H21N3O5S/c1-12(2)11-16(18(23)24)20-17(22)13-3-5-15(6-4-13)27(25,26)21-14-7-9-19-10-8-14/h3-10,12,16H,11H2,1-2H3,(H,19,21)(H,20,22)(H,23,24)/t16-/m1/s1. The van der Waals surface area contributed by atoms with Gasteiger partial charge in [-0.3, -0.25) is 14.5 Å². The van der Waals surface area contributed by atoms with Crippen molar-refractivity contribution in [2.24, 2.45) is 5.92 Å². The Bertz CT molecular complexity index is 896. The molecule has 2 rings (SSSR count).